The van der Waals surface area contributed by atoms with Crippen LogP contribution in [0, 0.1) is 11.7 Å². The van der Waals surface area contributed by atoms with Crippen molar-refractivity contribution in [2.45, 2.75) is 26.3 Å². The molecule has 0 bridgehead atoms. The van der Waals surface area contributed by atoms with Crippen LogP contribution in [0.5, 0.6) is 0 Å². The summed E-state index contributed by atoms with van der Waals surface area (Å²) in [6.07, 6.45) is 2.59. The highest BCUT2D eigenvalue weighted by molar-refractivity contribution is 7.80. The van der Waals surface area contributed by atoms with Crippen LogP contribution in [-0.4, -0.2) is 18.2 Å². The van der Waals surface area contributed by atoms with Gasteiger partial charge in [0.15, 0.2) is 5.11 Å². The summed E-state index contributed by atoms with van der Waals surface area (Å²) >= 11 is 5.24. The Labute approximate surface area is 154 Å². The molecule has 0 spiro atoms. The van der Waals surface area contributed by atoms with E-state index >= 15 is 0 Å². The number of para-hydroxylation sites is 1. The summed E-state index contributed by atoms with van der Waals surface area (Å²) in [6, 6.07) is 15.1. The van der Waals surface area contributed by atoms with Crippen LogP contribution in [0.2, 0.25) is 0 Å². The minimum atomic E-state index is -0.313. The zero-order valence-corrected chi connectivity index (χ0v) is 15.3. The molecule has 0 amide bonds. The van der Waals surface area contributed by atoms with Gasteiger partial charge < -0.3 is 15.5 Å². The molecule has 3 nitrogen and oxygen atoms in total. The lowest BCUT2D eigenvalue weighted by Crippen LogP contribution is -2.34. The molecule has 1 aliphatic heterocycles. The van der Waals surface area contributed by atoms with E-state index < -0.39 is 0 Å². The first-order chi connectivity index (χ1) is 12.1. The van der Waals surface area contributed by atoms with Gasteiger partial charge >= 0.3 is 0 Å². The lowest BCUT2D eigenvalue weighted by molar-refractivity contribution is 0.447. The SMILES string of the molecule is C[C@H]1CCCN(c2ccc(CNC(=S)Nc3ccccc3F)cc2)C1. The molecule has 0 radical (unpaired) electrons. The Morgan fingerprint density at radius 2 is 1.96 bits per heavy atom. The number of thiocarbonyl (C=S) groups is 1. The molecule has 1 heterocycles. The number of piperidine rings is 1. The zero-order chi connectivity index (χ0) is 17.6. The van der Waals surface area contributed by atoms with Crippen molar-refractivity contribution in [3.8, 4) is 0 Å². The highest BCUT2D eigenvalue weighted by Gasteiger charge is 2.16. The van der Waals surface area contributed by atoms with Crippen LogP contribution in [0.15, 0.2) is 48.5 Å². The summed E-state index contributed by atoms with van der Waals surface area (Å²) in [5, 5.41) is 6.42. The Balaban J connectivity index is 1.51. The molecule has 25 heavy (non-hydrogen) atoms. The Bertz CT molecular complexity index is 717. The molecule has 0 unspecified atom stereocenters. The van der Waals surface area contributed by atoms with Crippen molar-refractivity contribution in [2.75, 3.05) is 23.3 Å². The molecule has 2 aromatic rings. The van der Waals surface area contributed by atoms with Crippen LogP contribution in [0.1, 0.15) is 25.3 Å². The fourth-order valence-corrected chi connectivity index (χ4v) is 3.34. The summed E-state index contributed by atoms with van der Waals surface area (Å²) in [4.78, 5) is 2.45. The summed E-state index contributed by atoms with van der Waals surface area (Å²) in [7, 11) is 0. The average molecular weight is 357 g/mol. The maximum atomic E-state index is 13.6. The Hall–Kier alpha value is -2.14. The topological polar surface area (TPSA) is 27.3 Å². The predicted molar refractivity (Wildman–Crippen MR) is 107 cm³/mol. The van der Waals surface area contributed by atoms with Gasteiger partial charge in [-0.3, -0.25) is 0 Å². The van der Waals surface area contributed by atoms with Crippen LogP contribution in [0.4, 0.5) is 15.8 Å². The Kier molecular flexibility index (Phi) is 5.87. The monoisotopic (exact) mass is 357 g/mol. The van der Waals surface area contributed by atoms with E-state index in [2.05, 4.69) is 46.7 Å². The van der Waals surface area contributed by atoms with Gasteiger partial charge in [0.2, 0.25) is 0 Å². The van der Waals surface area contributed by atoms with Crippen LogP contribution >= 0.6 is 12.2 Å². The van der Waals surface area contributed by atoms with E-state index in [0.717, 1.165) is 24.6 Å². The second kappa shape index (κ2) is 8.30. The van der Waals surface area contributed by atoms with E-state index in [1.807, 2.05) is 0 Å². The molecule has 2 N–H and O–H groups in total. The van der Waals surface area contributed by atoms with Gasteiger partial charge in [0.25, 0.3) is 0 Å². The third-order valence-corrected chi connectivity index (χ3v) is 4.78. The van der Waals surface area contributed by atoms with Crippen molar-refractivity contribution >= 4 is 28.7 Å². The number of nitrogens with one attached hydrogen (secondary N) is 2. The number of hydrogen-bond donors (Lipinski definition) is 2. The molecule has 1 aliphatic rings. The minimum absolute atomic E-state index is 0.313. The van der Waals surface area contributed by atoms with Crippen LogP contribution in [0.3, 0.4) is 0 Å². The number of hydrogen-bond acceptors (Lipinski definition) is 2. The van der Waals surface area contributed by atoms with Crippen molar-refractivity contribution in [3.05, 3.63) is 59.9 Å². The Morgan fingerprint density at radius 1 is 1.20 bits per heavy atom. The van der Waals surface area contributed by atoms with Gasteiger partial charge in [0, 0.05) is 25.3 Å². The Morgan fingerprint density at radius 3 is 2.68 bits per heavy atom. The molecule has 3 rings (SSSR count). The largest absolute Gasteiger partial charge is 0.371 e. The summed E-state index contributed by atoms with van der Waals surface area (Å²) < 4.78 is 13.6. The van der Waals surface area contributed by atoms with E-state index in [4.69, 9.17) is 12.2 Å². The van der Waals surface area contributed by atoms with Crippen LogP contribution in [0.25, 0.3) is 0 Å². The van der Waals surface area contributed by atoms with E-state index in [1.54, 1.807) is 18.2 Å². The molecule has 0 saturated carbocycles. The quantitative estimate of drug-likeness (QED) is 0.785. The lowest BCUT2D eigenvalue weighted by atomic mass is 9.99. The van der Waals surface area contributed by atoms with Gasteiger partial charge in [-0.25, -0.2) is 4.39 Å². The van der Waals surface area contributed by atoms with Crippen LogP contribution in [-0.2, 0) is 6.54 Å². The fraction of sp³-hybridized carbons (Fsp3) is 0.350. The van der Waals surface area contributed by atoms with Gasteiger partial charge in [0.05, 0.1) is 5.69 Å². The third-order valence-electron chi connectivity index (χ3n) is 4.53. The first-order valence-electron chi connectivity index (χ1n) is 8.75. The van der Waals surface area contributed by atoms with Crippen molar-refractivity contribution in [1.29, 1.82) is 0 Å². The number of halogens is 1. The third kappa shape index (κ3) is 4.92. The second-order valence-corrected chi connectivity index (χ2v) is 7.06. The predicted octanol–water partition coefficient (Wildman–Crippen LogP) is 4.55. The number of nitrogens with zero attached hydrogens (tertiary/aromatic N) is 1. The van der Waals surface area contributed by atoms with Gasteiger partial charge in [-0.05, 0) is 60.8 Å². The van der Waals surface area contributed by atoms with Crippen molar-refractivity contribution in [1.82, 2.24) is 5.32 Å². The van der Waals surface area contributed by atoms with E-state index in [1.165, 1.54) is 24.6 Å². The minimum Gasteiger partial charge on any atom is -0.371 e. The normalized spacial score (nSPS) is 17.2. The number of anilines is 2. The number of benzene rings is 2. The van der Waals surface area contributed by atoms with Crippen molar-refractivity contribution in [2.24, 2.45) is 5.92 Å². The highest BCUT2D eigenvalue weighted by Crippen LogP contribution is 2.23. The standard InChI is InChI=1S/C20H24FN3S/c1-15-5-4-12-24(14-15)17-10-8-16(9-11-17)13-22-20(25)23-19-7-3-2-6-18(19)21/h2-3,6-11,15H,4-5,12-14H2,1H3,(H2,22,23,25)/t15-/m0/s1. The van der Waals surface area contributed by atoms with Gasteiger partial charge in [-0.2, -0.15) is 0 Å². The highest BCUT2D eigenvalue weighted by atomic mass is 32.1. The molecular formula is C20H24FN3S. The molecule has 2 aromatic carbocycles. The van der Waals surface area contributed by atoms with E-state index in [9.17, 15) is 4.39 Å². The first kappa shape index (κ1) is 17.7. The number of rotatable bonds is 4. The zero-order valence-electron chi connectivity index (χ0n) is 14.5. The molecule has 0 aromatic heterocycles. The molecule has 132 valence electrons. The van der Waals surface area contributed by atoms with E-state index in [-0.39, 0.29) is 5.82 Å². The molecule has 1 saturated heterocycles. The first-order valence-corrected chi connectivity index (χ1v) is 9.16. The van der Waals surface area contributed by atoms with E-state index in [0.29, 0.717) is 17.3 Å². The molecular weight excluding hydrogens is 333 g/mol. The summed E-state index contributed by atoms with van der Waals surface area (Å²) in [5.74, 6) is 0.448. The van der Waals surface area contributed by atoms with Crippen molar-refractivity contribution in [3.63, 3.8) is 0 Å². The second-order valence-electron chi connectivity index (χ2n) is 6.65. The lowest BCUT2D eigenvalue weighted by Gasteiger charge is -2.32. The summed E-state index contributed by atoms with van der Waals surface area (Å²) in [6.45, 7) is 5.19. The van der Waals surface area contributed by atoms with Gasteiger partial charge in [0.1, 0.15) is 5.82 Å². The smallest absolute Gasteiger partial charge is 0.171 e. The molecule has 5 heteroatoms. The van der Waals surface area contributed by atoms with Gasteiger partial charge in [-0.15, -0.1) is 0 Å². The van der Waals surface area contributed by atoms with Crippen molar-refractivity contribution < 1.29 is 4.39 Å². The van der Waals surface area contributed by atoms with Gasteiger partial charge in [-0.1, -0.05) is 31.2 Å². The molecule has 0 aliphatic carbocycles. The summed E-state index contributed by atoms with van der Waals surface area (Å²) in [5.41, 5.74) is 2.81. The molecule has 1 fully saturated rings. The van der Waals surface area contributed by atoms with Crippen LogP contribution < -0.4 is 15.5 Å². The maximum Gasteiger partial charge on any atom is 0.171 e. The average Bonchev–Trinajstić information content (AvgIpc) is 2.62. The fourth-order valence-electron chi connectivity index (χ4n) is 3.16. The maximum absolute atomic E-state index is 13.6. The molecule has 1 atom stereocenters.